The average molecular weight is 325 g/mol. The fraction of sp³-hybridized carbons (Fsp3) is 0.235. The first kappa shape index (κ1) is 14.6. The topological polar surface area (TPSA) is 64.9 Å². The highest BCUT2D eigenvalue weighted by Gasteiger charge is 2.30. The highest BCUT2D eigenvalue weighted by atomic mass is 19.1. The van der Waals surface area contributed by atoms with E-state index in [4.69, 9.17) is 4.74 Å². The normalized spacial score (nSPS) is 19.4. The summed E-state index contributed by atoms with van der Waals surface area (Å²) in [5.41, 5.74) is 1.92. The largest absolute Gasteiger partial charge is 0.497 e. The standard InChI is InChI=1S/C17H16FN5O/c1-24-14-7-3-4-11(9-14)15-10-16(12-5-2-6-13(18)8-12)23-17(19-15)20-21-22-23/h2-9,15-16H,10H2,1H3,(H,19,20,22)/t15-,16+/m0/s1. The van der Waals surface area contributed by atoms with Crippen molar-refractivity contribution in [2.45, 2.75) is 18.5 Å². The quantitative estimate of drug-likeness (QED) is 0.802. The molecular formula is C17H16FN5O. The predicted molar refractivity (Wildman–Crippen MR) is 86.3 cm³/mol. The molecule has 7 heteroatoms. The molecule has 0 saturated heterocycles. The van der Waals surface area contributed by atoms with Gasteiger partial charge >= 0.3 is 0 Å². The van der Waals surface area contributed by atoms with Crippen molar-refractivity contribution in [1.82, 2.24) is 20.2 Å². The minimum absolute atomic E-state index is 0.00636. The molecule has 0 bridgehead atoms. The summed E-state index contributed by atoms with van der Waals surface area (Å²) in [6, 6.07) is 14.3. The zero-order valence-electron chi connectivity index (χ0n) is 13.1. The zero-order valence-corrected chi connectivity index (χ0v) is 13.1. The molecule has 1 aliphatic rings. The van der Waals surface area contributed by atoms with Crippen LogP contribution in [0.25, 0.3) is 0 Å². The van der Waals surface area contributed by atoms with E-state index in [0.29, 0.717) is 12.4 Å². The van der Waals surface area contributed by atoms with Crippen LogP contribution in [-0.2, 0) is 0 Å². The summed E-state index contributed by atoms with van der Waals surface area (Å²) >= 11 is 0. The third-order valence-corrected chi connectivity index (χ3v) is 4.28. The van der Waals surface area contributed by atoms with Gasteiger partial charge in [-0.05, 0) is 52.2 Å². The van der Waals surface area contributed by atoms with E-state index in [0.717, 1.165) is 16.9 Å². The maximum Gasteiger partial charge on any atom is 0.243 e. The monoisotopic (exact) mass is 325 g/mol. The van der Waals surface area contributed by atoms with Gasteiger partial charge in [-0.25, -0.2) is 9.07 Å². The van der Waals surface area contributed by atoms with Crippen LogP contribution in [0.15, 0.2) is 48.5 Å². The number of hydrogen-bond acceptors (Lipinski definition) is 5. The highest BCUT2D eigenvalue weighted by molar-refractivity contribution is 5.39. The maximum atomic E-state index is 13.6. The summed E-state index contributed by atoms with van der Waals surface area (Å²) in [6.45, 7) is 0. The number of nitrogens with one attached hydrogen (secondary N) is 1. The summed E-state index contributed by atoms with van der Waals surface area (Å²) in [6.07, 6.45) is 0.703. The number of benzene rings is 2. The van der Waals surface area contributed by atoms with E-state index in [1.165, 1.54) is 12.1 Å². The smallest absolute Gasteiger partial charge is 0.243 e. The molecule has 4 rings (SSSR count). The van der Waals surface area contributed by atoms with Crippen LogP contribution in [0.4, 0.5) is 10.3 Å². The minimum Gasteiger partial charge on any atom is -0.497 e. The first-order valence-corrected chi connectivity index (χ1v) is 7.68. The summed E-state index contributed by atoms with van der Waals surface area (Å²) in [7, 11) is 1.64. The molecule has 0 spiro atoms. The number of halogens is 1. The first-order chi connectivity index (χ1) is 11.7. The van der Waals surface area contributed by atoms with Gasteiger partial charge < -0.3 is 10.1 Å². The molecular weight excluding hydrogens is 309 g/mol. The molecule has 0 radical (unpaired) electrons. The third-order valence-electron chi connectivity index (χ3n) is 4.28. The zero-order chi connectivity index (χ0) is 16.5. The number of ether oxygens (including phenoxy) is 1. The van der Waals surface area contributed by atoms with E-state index >= 15 is 0 Å². The van der Waals surface area contributed by atoms with Gasteiger partial charge in [0.15, 0.2) is 0 Å². The number of rotatable bonds is 3. The van der Waals surface area contributed by atoms with Crippen LogP contribution >= 0.6 is 0 Å². The second-order valence-corrected chi connectivity index (χ2v) is 5.73. The molecule has 0 saturated carbocycles. The highest BCUT2D eigenvalue weighted by Crippen LogP contribution is 2.37. The van der Waals surface area contributed by atoms with Gasteiger partial charge in [-0.1, -0.05) is 29.4 Å². The molecule has 2 atom stereocenters. The Labute approximate surface area is 138 Å². The molecule has 1 aromatic heterocycles. The molecule has 122 valence electrons. The molecule has 0 fully saturated rings. The number of nitrogens with zero attached hydrogens (tertiary/aromatic N) is 4. The van der Waals surface area contributed by atoms with Crippen molar-refractivity contribution in [3.05, 3.63) is 65.5 Å². The fourth-order valence-corrected chi connectivity index (χ4v) is 3.11. The van der Waals surface area contributed by atoms with E-state index in [1.807, 2.05) is 30.3 Å². The lowest BCUT2D eigenvalue weighted by molar-refractivity contribution is 0.408. The Morgan fingerprint density at radius 1 is 1.17 bits per heavy atom. The van der Waals surface area contributed by atoms with Gasteiger partial charge in [-0.2, -0.15) is 0 Å². The maximum absolute atomic E-state index is 13.6. The van der Waals surface area contributed by atoms with Crippen molar-refractivity contribution in [2.75, 3.05) is 12.4 Å². The van der Waals surface area contributed by atoms with Crippen LogP contribution < -0.4 is 10.1 Å². The second kappa shape index (κ2) is 5.92. The number of fused-ring (bicyclic) bond motifs is 1. The van der Waals surface area contributed by atoms with Gasteiger partial charge in [0.2, 0.25) is 5.95 Å². The molecule has 1 aliphatic heterocycles. The molecule has 3 aromatic rings. The van der Waals surface area contributed by atoms with Gasteiger partial charge in [0, 0.05) is 0 Å². The Morgan fingerprint density at radius 3 is 2.83 bits per heavy atom. The van der Waals surface area contributed by atoms with Crippen LogP contribution in [0.2, 0.25) is 0 Å². The lowest BCUT2D eigenvalue weighted by Crippen LogP contribution is -2.28. The lowest BCUT2D eigenvalue weighted by atomic mass is 9.93. The Hall–Kier alpha value is -2.96. The van der Waals surface area contributed by atoms with Crippen molar-refractivity contribution in [3.8, 4) is 5.75 Å². The average Bonchev–Trinajstić information content (AvgIpc) is 3.09. The van der Waals surface area contributed by atoms with E-state index < -0.39 is 0 Å². The Kier molecular flexibility index (Phi) is 3.60. The number of methoxy groups -OCH3 is 1. The van der Waals surface area contributed by atoms with Crippen LogP contribution in [0.1, 0.15) is 29.6 Å². The van der Waals surface area contributed by atoms with Gasteiger partial charge in [-0.3, -0.25) is 0 Å². The summed E-state index contributed by atoms with van der Waals surface area (Å²) in [5.74, 6) is 1.10. The van der Waals surface area contributed by atoms with Gasteiger partial charge in [-0.15, -0.1) is 0 Å². The number of hydrogen-bond donors (Lipinski definition) is 1. The van der Waals surface area contributed by atoms with Crippen LogP contribution in [-0.4, -0.2) is 27.3 Å². The van der Waals surface area contributed by atoms with E-state index in [2.05, 4.69) is 20.8 Å². The predicted octanol–water partition coefficient (Wildman–Crippen LogP) is 2.97. The lowest BCUT2D eigenvalue weighted by Gasteiger charge is -2.31. The van der Waals surface area contributed by atoms with Crippen LogP contribution in [0.3, 0.4) is 0 Å². The summed E-state index contributed by atoms with van der Waals surface area (Å²) in [4.78, 5) is 0. The third kappa shape index (κ3) is 2.58. The van der Waals surface area contributed by atoms with Gasteiger partial charge in [0.25, 0.3) is 0 Å². The number of aromatic nitrogens is 4. The van der Waals surface area contributed by atoms with Crippen molar-refractivity contribution in [1.29, 1.82) is 0 Å². The minimum atomic E-state index is -0.265. The summed E-state index contributed by atoms with van der Waals surface area (Å²) in [5, 5.41) is 15.2. The van der Waals surface area contributed by atoms with Crippen LogP contribution in [0.5, 0.6) is 5.75 Å². The van der Waals surface area contributed by atoms with E-state index in [9.17, 15) is 4.39 Å². The Bertz CT molecular complexity index is 865. The summed E-state index contributed by atoms with van der Waals surface area (Å²) < 4.78 is 20.7. The Morgan fingerprint density at radius 2 is 2.00 bits per heavy atom. The van der Waals surface area contributed by atoms with Crippen molar-refractivity contribution in [2.24, 2.45) is 0 Å². The second-order valence-electron chi connectivity index (χ2n) is 5.73. The van der Waals surface area contributed by atoms with Gasteiger partial charge in [0.1, 0.15) is 11.6 Å². The van der Waals surface area contributed by atoms with E-state index in [-0.39, 0.29) is 17.9 Å². The van der Waals surface area contributed by atoms with Crippen molar-refractivity contribution >= 4 is 5.95 Å². The SMILES string of the molecule is COc1cccc([C@@H]2C[C@H](c3cccc(F)c3)n3nnnc3N2)c1. The molecule has 2 aromatic carbocycles. The molecule has 0 amide bonds. The van der Waals surface area contributed by atoms with Crippen LogP contribution in [0, 0.1) is 5.82 Å². The van der Waals surface area contributed by atoms with E-state index in [1.54, 1.807) is 17.9 Å². The number of anilines is 1. The molecule has 24 heavy (non-hydrogen) atoms. The Balaban J connectivity index is 1.73. The first-order valence-electron chi connectivity index (χ1n) is 7.68. The fourth-order valence-electron chi connectivity index (χ4n) is 3.11. The molecule has 0 aliphatic carbocycles. The molecule has 6 nitrogen and oxygen atoms in total. The molecule has 2 heterocycles. The molecule has 1 N–H and O–H groups in total. The van der Waals surface area contributed by atoms with Gasteiger partial charge in [0.05, 0.1) is 19.2 Å². The molecule has 0 unspecified atom stereocenters. The number of tetrazole rings is 1. The van der Waals surface area contributed by atoms with Crippen molar-refractivity contribution < 1.29 is 9.13 Å². The van der Waals surface area contributed by atoms with Crippen molar-refractivity contribution in [3.63, 3.8) is 0 Å².